The average Bonchev–Trinajstić information content (AvgIpc) is 2.86. The molecule has 1 fully saturated rings. The van der Waals surface area contributed by atoms with Crippen LogP contribution in [0.2, 0.25) is 0 Å². The Morgan fingerprint density at radius 1 is 1.30 bits per heavy atom. The first-order valence-electron chi connectivity index (χ1n) is 8.58. The molecule has 1 heterocycles. The van der Waals surface area contributed by atoms with Crippen LogP contribution in [0.1, 0.15) is 51.3 Å². The van der Waals surface area contributed by atoms with Crippen LogP contribution in [0.3, 0.4) is 0 Å². The lowest BCUT2D eigenvalue weighted by Gasteiger charge is -2.31. The number of aromatic nitrogens is 1. The molecule has 0 bridgehead atoms. The van der Waals surface area contributed by atoms with Gasteiger partial charge in [-0.2, -0.15) is 0 Å². The molecule has 1 aromatic carbocycles. The maximum absolute atomic E-state index is 14.1. The van der Waals surface area contributed by atoms with Gasteiger partial charge in [-0.3, -0.25) is 0 Å². The minimum atomic E-state index is -2.85. The van der Waals surface area contributed by atoms with Crippen LogP contribution in [0, 0.1) is 5.82 Å². The van der Waals surface area contributed by atoms with Crippen molar-refractivity contribution in [1.29, 1.82) is 0 Å². The Morgan fingerprint density at radius 3 is 2.44 bits per heavy atom. The summed E-state index contributed by atoms with van der Waals surface area (Å²) in [5.74, 6) is -0.580. The summed E-state index contributed by atoms with van der Waals surface area (Å²) in [6.07, 6.45) is -1.68. The van der Waals surface area contributed by atoms with E-state index in [1.807, 2.05) is 0 Å². The van der Waals surface area contributed by atoms with Crippen LogP contribution in [-0.2, 0) is 11.4 Å². The highest BCUT2D eigenvalue weighted by molar-refractivity contribution is 9.10. The Morgan fingerprint density at radius 2 is 1.93 bits per heavy atom. The van der Waals surface area contributed by atoms with Gasteiger partial charge in [0.15, 0.2) is 0 Å². The van der Waals surface area contributed by atoms with E-state index >= 15 is 0 Å². The fraction of sp³-hybridized carbons (Fsp3) is 0.556. The minimum Gasteiger partial charge on any atom is -0.598 e. The van der Waals surface area contributed by atoms with Gasteiger partial charge in [0.25, 0.3) is 6.43 Å². The predicted octanol–water partition coefficient (Wildman–Crippen LogP) is 5.57. The summed E-state index contributed by atoms with van der Waals surface area (Å²) in [5, 5.41) is 0.307. The highest BCUT2D eigenvalue weighted by atomic mass is 79.9. The Labute approximate surface area is 166 Å². The molecule has 0 amide bonds. The maximum Gasteiger partial charge on any atom is 0.262 e. The zero-order chi connectivity index (χ0) is 20.1. The van der Waals surface area contributed by atoms with Gasteiger partial charge in [0.05, 0.1) is 4.47 Å². The largest absolute Gasteiger partial charge is 0.598 e. The van der Waals surface area contributed by atoms with Gasteiger partial charge in [-0.05, 0) is 61.7 Å². The van der Waals surface area contributed by atoms with Gasteiger partial charge in [-0.25, -0.2) is 17.6 Å². The highest BCUT2D eigenvalue weighted by Crippen LogP contribution is 2.41. The molecule has 0 radical (unpaired) electrons. The second-order valence-corrected chi connectivity index (χ2v) is 10.7. The third-order valence-electron chi connectivity index (χ3n) is 4.73. The van der Waals surface area contributed by atoms with Crippen LogP contribution in [-0.4, -0.2) is 26.5 Å². The first-order valence-corrected chi connectivity index (χ1v) is 10.5. The van der Waals surface area contributed by atoms with Gasteiger partial charge >= 0.3 is 0 Å². The molecule has 2 aromatic rings. The van der Waals surface area contributed by atoms with Crippen LogP contribution in [0.25, 0.3) is 10.9 Å². The lowest BCUT2D eigenvalue weighted by atomic mass is 9.90. The maximum atomic E-state index is 14.1. The van der Waals surface area contributed by atoms with E-state index in [0.29, 0.717) is 23.7 Å². The molecule has 1 aliphatic carbocycles. The second-order valence-electron chi connectivity index (χ2n) is 7.81. The molecule has 2 atom stereocenters. The van der Waals surface area contributed by atoms with Gasteiger partial charge in [-0.1, -0.05) is 0 Å². The molecule has 0 saturated heterocycles. The molecule has 9 heteroatoms. The number of nitrogens with zero attached hydrogens (tertiary/aromatic N) is 1. The predicted molar refractivity (Wildman–Crippen MR) is 103 cm³/mol. The van der Waals surface area contributed by atoms with Gasteiger partial charge in [0.1, 0.15) is 22.8 Å². The first-order chi connectivity index (χ1) is 12.5. The van der Waals surface area contributed by atoms with Crippen molar-refractivity contribution >= 4 is 38.2 Å². The lowest BCUT2D eigenvalue weighted by Crippen LogP contribution is -2.43. The van der Waals surface area contributed by atoms with Gasteiger partial charge in [-0.15, -0.1) is 4.72 Å². The third kappa shape index (κ3) is 4.16. The first kappa shape index (κ1) is 21.0. The van der Waals surface area contributed by atoms with Crippen molar-refractivity contribution in [2.75, 3.05) is 0 Å². The van der Waals surface area contributed by atoms with Crippen molar-refractivity contribution in [2.24, 2.45) is 0 Å². The van der Waals surface area contributed by atoms with E-state index in [4.69, 9.17) is 0 Å². The van der Waals surface area contributed by atoms with Crippen LogP contribution in [0.5, 0.6) is 0 Å². The molecular weight excluding hydrogens is 448 g/mol. The van der Waals surface area contributed by atoms with Crippen molar-refractivity contribution < 1.29 is 22.1 Å². The zero-order valence-electron chi connectivity index (χ0n) is 15.1. The molecule has 1 unspecified atom stereocenters. The van der Waals surface area contributed by atoms with E-state index < -0.39 is 40.6 Å². The number of halogens is 5. The molecule has 0 spiro atoms. The van der Waals surface area contributed by atoms with Gasteiger partial charge < -0.3 is 9.12 Å². The topological polar surface area (TPSA) is 40.0 Å². The molecule has 3 rings (SSSR count). The Hall–Kier alpha value is -0.770. The zero-order valence-corrected chi connectivity index (χ0v) is 17.5. The minimum absolute atomic E-state index is 0.159. The van der Waals surface area contributed by atoms with Crippen molar-refractivity contribution in [3.05, 3.63) is 34.2 Å². The van der Waals surface area contributed by atoms with Gasteiger partial charge in [0.2, 0.25) is 0 Å². The summed E-state index contributed by atoms with van der Waals surface area (Å²) in [5.41, 5.74) is 0.704. The molecule has 150 valence electrons. The normalized spacial score (nSPS) is 22.9. The van der Waals surface area contributed by atoms with E-state index in [2.05, 4.69) is 20.7 Å². The number of benzene rings is 1. The lowest BCUT2D eigenvalue weighted by molar-refractivity contribution is 0.108. The van der Waals surface area contributed by atoms with Crippen molar-refractivity contribution in [3.63, 3.8) is 0 Å². The van der Waals surface area contributed by atoms with E-state index in [-0.39, 0.29) is 16.1 Å². The second kappa shape index (κ2) is 7.57. The Balaban J connectivity index is 2.09. The van der Waals surface area contributed by atoms with Crippen LogP contribution in [0.4, 0.5) is 17.6 Å². The number of fused-ring (bicyclic) bond motifs is 1. The molecule has 1 N–H and O–H groups in total. The number of alkyl halides is 3. The fourth-order valence-corrected chi connectivity index (χ4v) is 4.26. The molecule has 1 aliphatic rings. The Kier molecular flexibility index (Phi) is 5.88. The average molecular weight is 469 g/mol. The summed E-state index contributed by atoms with van der Waals surface area (Å²) >= 11 is 1.38. The summed E-state index contributed by atoms with van der Waals surface area (Å²) < 4.78 is 71.2. The number of hydrogen-bond donors (Lipinski definition) is 1. The van der Waals surface area contributed by atoms with E-state index in [9.17, 15) is 22.1 Å². The van der Waals surface area contributed by atoms with Crippen molar-refractivity contribution in [1.82, 2.24) is 9.29 Å². The van der Waals surface area contributed by atoms with Crippen LogP contribution < -0.4 is 4.72 Å². The Bertz CT molecular complexity index is 833. The molecule has 1 saturated carbocycles. The van der Waals surface area contributed by atoms with Crippen LogP contribution in [0.15, 0.2) is 22.8 Å². The highest BCUT2D eigenvalue weighted by Gasteiger charge is 2.37. The summed E-state index contributed by atoms with van der Waals surface area (Å²) in [4.78, 5) is 0. The summed E-state index contributed by atoms with van der Waals surface area (Å²) in [6, 6.07) is 1.01. The van der Waals surface area contributed by atoms with E-state index in [0.717, 1.165) is 0 Å². The van der Waals surface area contributed by atoms with E-state index in [1.54, 1.807) is 25.3 Å². The number of hydrogen-bond acceptors (Lipinski definition) is 2. The molecule has 3 nitrogen and oxygen atoms in total. The van der Waals surface area contributed by atoms with Crippen molar-refractivity contribution in [2.45, 2.75) is 63.0 Å². The van der Waals surface area contributed by atoms with Crippen molar-refractivity contribution in [3.8, 4) is 0 Å². The molecule has 27 heavy (non-hydrogen) atoms. The monoisotopic (exact) mass is 468 g/mol. The quantitative estimate of drug-likeness (QED) is 0.459. The smallest absolute Gasteiger partial charge is 0.262 e. The molecular formula is C18H21BrF4N2OS. The van der Waals surface area contributed by atoms with Crippen LogP contribution >= 0.6 is 15.9 Å². The molecule has 0 aliphatic heterocycles. The number of nitrogens with one attached hydrogen (secondary N) is 1. The SMILES string of the molecule is CC(C)(C)[S+]([O-])N[C@@H](c1cn(C2CC(F)C2)c2cc(Br)c(F)cc12)C(F)F. The molecule has 1 aromatic heterocycles. The summed E-state index contributed by atoms with van der Waals surface area (Å²) in [6.45, 7) is 5.03. The summed E-state index contributed by atoms with van der Waals surface area (Å²) in [7, 11) is 0. The van der Waals surface area contributed by atoms with E-state index in [1.165, 1.54) is 18.3 Å². The standard InChI is InChI=1S/C18H21BrF4N2OS/c1-18(2,3)27(26)24-16(17(22)23)12-8-25(10-4-9(20)5-10)15-7-13(19)14(21)6-11(12)15/h6-10,16-17,24H,4-5H2,1-3H3/t9?,10?,16-,27?/m0/s1. The number of rotatable bonds is 5. The fourth-order valence-electron chi connectivity index (χ4n) is 3.11. The van der Waals surface area contributed by atoms with Gasteiger partial charge in [0, 0.05) is 40.1 Å². The third-order valence-corrected chi connectivity index (χ3v) is 6.92.